The summed E-state index contributed by atoms with van der Waals surface area (Å²) < 4.78 is 0. The van der Waals surface area contributed by atoms with E-state index in [-0.39, 0.29) is 17.1 Å². The van der Waals surface area contributed by atoms with Crippen LogP contribution in [0.1, 0.15) is 21.5 Å². The van der Waals surface area contributed by atoms with Crippen LogP contribution in [0.25, 0.3) is 11.0 Å². The summed E-state index contributed by atoms with van der Waals surface area (Å²) in [4.78, 5) is 32.4. The van der Waals surface area contributed by atoms with Crippen molar-refractivity contribution < 1.29 is 9.90 Å². The van der Waals surface area contributed by atoms with E-state index in [9.17, 15) is 9.59 Å². The molecule has 7 heteroatoms. The Balaban J connectivity index is 1.87. The predicted molar refractivity (Wildman–Crippen MR) is 81.9 cm³/mol. The zero-order valence-electron chi connectivity index (χ0n) is 11.6. The summed E-state index contributed by atoms with van der Waals surface area (Å²) in [6.45, 7) is 0. The number of aromatic amines is 2. The SMILES string of the molecule is Nc1nc2[nH]cc(CCc3cccc(C(=O)O)c3)c2c(=O)[nH]1. The quantitative estimate of drug-likeness (QED) is 0.578. The van der Waals surface area contributed by atoms with E-state index in [2.05, 4.69) is 15.0 Å². The second-order valence-corrected chi connectivity index (χ2v) is 4.99. The second kappa shape index (κ2) is 5.36. The highest BCUT2D eigenvalue weighted by molar-refractivity contribution is 5.87. The molecular weight excluding hydrogens is 284 g/mol. The van der Waals surface area contributed by atoms with Crippen LogP contribution in [0.3, 0.4) is 0 Å². The molecule has 3 aromatic rings. The normalized spacial score (nSPS) is 10.9. The third kappa shape index (κ3) is 2.56. The van der Waals surface area contributed by atoms with Crippen molar-refractivity contribution in [2.45, 2.75) is 12.8 Å². The molecule has 0 saturated carbocycles. The Kier molecular flexibility index (Phi) is 3.38. The summed E-state index contributed by atoms with van der Waals surface area (Å²) >= 11 is 0. The van der Waals surface area contributed by atoms with Gasteiger partial charge >= 0.3 is 5.97 Å². The molecule has 0 fully saturated rings. The van der Waals surface area contributed by atoms with Crippen molar-refractivity contribution >= 4 is 23.0 Å². The molecule has 3 rings (SSSR count). The Morgan fingerprint density at radius 2 is 2.14 bits per heavy atom. The molecule has 7 nitrogen and oxygen atoms in total. The van der Waals surface area contributed by atoms with E-state index in [4.69, 9.17) is 10.8 Å². The standard InChI is InChI=1S/C15H14N4O3/c16-15-18-12-11(13(20)19-15)10(7-17-12)5-4-8-2-1-3-9(6-8)14(21)22/h1-3,6-7H,4-5H2,(H,21,22)(H4,16,17,18,19,20). The van der Waals surface area contributed by atoms with Crippen LogP contribution in [0.5, 0.6) is 0 Å². The van der Waals surface area contributed by atoms with Gasteiger partial charge in [-0.3, -0.25) is 9.78 Å². The van der Waals surface area contributed by atoms with Gasteiger partial charge in [-0.25, -0.2) is 4.79 Å². The Morgan fingerprint density at radius 3 is 2.91 bits per heavy atom. The van der Waals surface area contributed by atoms with E-state index in [0.29, 0.717) is 23.9 Å². The number of aromatic carboxylic acids is 1. The summed E-state index contributed by atoms with van der Waals surface area (Å²) in [5, 5.41) is 9.48. The number of nitrogen functional groups attached to an aromatic ring is 1. The first-order valence-corrected chi connectivity index (χ1v) is 6.72. The average molecular weight is 298 g/mol. The lowest BCUT2D eigenvalue weighted by Gasteiger charge is -2.02. The molecule has 5 N–H and O–H groups in total. The maximum absolute atomic E-state index is 12.0. The largest absolute Gasteiger partial charge is 0.478 e. The number of fused-ring (bicyclic) bond motifs is 1. The van der Waals surface area contributed by atoms with Gasteiger partial charge in [0.2, 0.25) is 5.95 Å². The Hall–Kier alpha value is -3.09. The van der Waals surface area contributed by atoms with Crippen molar-refractivity contribution in [3.05, 3.63) is 57.5 Å². The molecule has 0 bridgehead atoms. The molecule has 0 amide bonds. The molecule has 2 heterocycles. The summed E-state index contributed by atoms with van der Waals surface area (Å²) in [7, 11) is 0. The summed E-state index contributed by atoms with van der Waals surface area (Å²) in [6.07, 6.45) is 2.95. The fraction of sp³-hybridized carbons (Fsp3) is 0.133. The van der Waals surface area contributed by atoms with Crippen LogP contribution >= 0.6 is 0 Å². The lowest BCUT2D eigenvalue weighted by Crippen LogP contribution is -2.11. The molecule has 0 atom stereocenters. The van der Waals surface area contributed by atoms with E-state index >= 15 is 0 Å². The van der Waals surface area contributed by atoms with Gasteiger partial charge in [-0.1, -0.05) is 12.1 Å². The fourth-order valence-corrected chi connectivity index (χ4v) is 2.46. The topological polar surface area (TPSA) is 125 Å². The number of aromatic nitrogens is 3. The third-order valence-corrected chi connectivity index (χ3v) is 3.50. The fourth-order valence-electron chi connectivity index (χ4n) is 2.46. The van der Waals surface area contributed by atoms with Gasteiger partial charge in [-0.2, -0.15) is 4.98 Å². The van der Waals surface area contributed by atoms with Gasteiger partial charge in [-0.15, -0.1) is 0 Å². The number of hydrogen-bond acceptors (Lipinski definition) is 4. The monoisotopic (exact) mass is 298 g/mol. The predicted octanol–water partition coefficient (Wildman–Crippen LogP) is 1.32. The minimum absolute atomic E-state index is 0.0695. The molecule has 0 radical (unpaired) electrons. The number of hydrogen-bond donors (Lipinski definition) is 4. The van der Waals surface area contributed by atoms with Crippen molar-refractivity contribution in [3.63, 3.8) is 0 Å². The van der Waals surface area contributed by atoms with Crippen molar-refractivity contribution in [2.24, 2.45) is 0 Å². The van der Waals surface area contributed by atoms with Crippen LogP contribution in [0.15, 0.2) is 35.3 Å². The molecular formula is C15H14N4O3. The third-order valence-electron chi connectivity index (χ3n) is 3.50. The summed E-state index contributed by atoms with van der Waals surface area (Å²) in [5.74, 6) is -0.884. The van der Waals surface area contributed by atoms with Crippen LogP contribution in [0.2, 0.25) is 0 Å². The van der Waals surface area contributed by atoms with Gasteiger partial charge in [0.15, 0.2) is 0 Å². The Morgan fingerprint density at radius 1 is 1.32 bits per heavy atom. The van der Waals surface area contributed by atoms with Crippen molar-refractivity contribution in [3.8, 4) is 0 Å². The van der Waals surface area contributed by atoms with E-state index in [1.54, 1.807) is 24.4 Å². The molecule has 0 unspecified atom stereocenters. The zero-order valence-corrected chi connectivity index (χ0v) is 11.6. The first kappa shape index (κ1) is 13.9. The minimum Gasteiger partial charge on any atom is -0.478 e. The molecule has 0 saturated heterocycles. The number of carboxylic acids is 1. The second-order valence-electron chi connectivity index (χ2n) is 4.99. The number of rotatable bonds is 4. The molecule has 112 valence electrons. The van der Waals surface area contributed by atoms with E-state index < -0.39 is 5.97 Å². The van der Waals surface area contributed by atoms with E-state index in [1.807, 2.05) is 6.07 Å². The van der Waals surface area contributed by atoms with Gasteiger partial charge in [0.25, 0.3) is 5.56 Å². The molecule has 0 aliphatic carbocycles. The van der Waals surface area contributed by atoms with Crippen molar-refractivity contribution in [1.82, 2.24) is 15.0 Å². The minimum atomic E-state index is -0.954. The Labute approximate surface area is 124 Å². The van der Waals surface area contributed by atoms with Gasteiger partial charge < -0.3 is 15.8 Å². The molecule has 2 aromatic heterocycles. The summed E-state index contributed by atoms with van der Waals surface area (Å²) in [5.41, 5.74) is 7.65. The maximum Gasteiger partial charge on any atom is 0.335 e. The zero-order chi connectivity index (χ0) is 15.7. The van der Waals surface area contributed by atoms with Crippen molar-refractivity contribution in [2.75, 3.05) is 5.73 Å². The number of aryl methyl sites for hydroxylation is 2. The van der Waals surface area contributed by atoms with Crippen LogP contribution in [-0.4, -0.2) is 26.0 Å². The lowest BCUT2D eigenvalue weighted by atomic mass is 10.0. The maximum atomic E-state index is 12.0. The number of nitrogens with zero attached hydrogens (tertiary/aromatic N) is 1. The number of nitrogens with two attached hydrogens (primary N) is 1. The average Bonchev–Trinajstić information content (AvgIpc) is 2.88. The van der Waals surface area contributed by atoms with Crippen LogP contribution in [0.4, 0.5) is 5.95 Å². The highest BCUT2D eigenvalue weighted by atomic mass is 16.4. The summed E-state index contributed by atoms with van der Waals surface area (Å²) in [6, 6.07) is 6.76. The molecule has 0 aliphatic heterocycles. The van der Waals surface area contributed by atoms with E-state index in [1.165, 1.54) is 0 Å². The van der Waals surface area contributed by atoms with Gasteiger partial charge in [0.05, 0.1) is 10.9 Å². The van der Waals surface area contributed by atoms with Crippen LogP contribution < -0.4 is 11.3 Å². The number of H-pyrrole nitrogens is 2. The molecule has 0 spiro atoms. The number of carbonyl (C=O) groups is 1. The van der Waals surface area contributed by atoms with Gasteiger partial charge in [-0.05, 0) is 36.1 Å². The lowest BCUT2D eigenvalue weighted by molar-refractivity contribution is 0.0696. The molecule has 0 aliphatic rings. The number of carboxylic acid groups (broad SMARTS) is 1. The van der Waals surface area contributed by atoms with Gasteiger partial charge in [0, 0.05) is 6.20 Å². The van der Waals surface area contributed by atoms with Crippen LogP contribution in [0, 0.1) is 0 Å². The Bertz CT molecular complexity index is 911. The molecule has 1 aromatic carbocycles. The first-order chi connectivity index (χ1) is 10.5. The number of anilines is 1. The highest BCUT2D eigenvalue weighted by Gasteiger charge is 2.10. The number of benzene rings is 1. The van der Waals surface area contributed by atoms with Gasteiger partial charge in [0.1, 0.15) is 5.65 Å². The van der Waals surface area contributed by atoms with Crippen molar-refractivity contribution in [1.29, 1.82) is 0 Å². The molecule has 22 heavy (non-hydrogen) atoms. The number of nitrogens with one attached hydrogen (secondary N) is 2. The van der Waals surface area contributed by atoms with Crippen LogP contribution in [-0.2, 0) is 12.8 Å². The first-order valence-electron chi connectivity index (χ1n) is 6.72. The highest BCUT2D eigenvalue weighted by Crippen LogP contribution is 2.16. The van der Waals surface area contributed by atoms with E-state index in [0.717, 1.165) is 11.1 Å². The smallest absolute Gasteiger partial charge is 0.335 e.